The Morgan fingerprint density at radius 2 is 1.83 bits per heavy atom. The second-order valence-electron chi connectivity index (χ2n) is 8.29. The minimum Gasteiger partial charge on any atom is -0.347 e. The Hall–Kier alpha value is -3.22. The fraction of sp³-hybridized carbons (Fsp3) is 0.348. The lowest BCUT2D eigenvalue weighted by Crippen LogP contribution is -2.44. The van der Waals surface area contributed by atoms with E-state index < -0.39 is 29.2 Å². The van der Waals surface area contributed by atoms with Crippen LogP contribution in [0.15, 0.2) is 54.6 Å². The van der Waals surface area contributed by atoms with Gasteiger partial charge in [0.25, 0.3) is 5.91 Å². The normalized spacial score (nSPS) is 26.3. The monoisotopic (exact) mass is 409 g/mol. The van der Waals surface area contributed by atoms with Crippen molar-refractivity contribution in [2.45, 2.75) is 31.8 Å². The SMILES string of the molecule is CC1CC1C(NC(=O)CN1C(=O)NC(C)(c2ccc(F)cc2)C1=O)c1ccccc1. The number of amides is 4. The zero-order valence-electron chi connectivity index (χ0n) is 16.9. The number of halogens is 1. The van der Waals surface area contributed by atoms with E-state index in [4.69, 9.17) is 0 Å². The standard InChI is InChI=1S/C23H24FN3O3/c1-14-12-18(14)20(15-6-4-3-5-7-15)25-19(28)13-27-21(29)23(2,26-22(27)30)16-8-10-17(24)11-9-16/h3-11,14,18,20H,12-13H2,1-2H3,(H,25,28)(H,26,30). The zero-order valence-corrected chi connectivity index (χ0v) is 16.9. The molecule has 6 nitrogen and oxygen atoms in total. The smallest absolute Gasteiger partial charge is 0.325 e. The highest BCUT2D eigenvalue weighted by Gasteiger charge is 2.50. The van der Waals surface area contributed by atoms with Crippen molar-refractivity contribution in [3.63, 3.8) is 0 Å². The van der Waals surface area contributed by atoms with Gasteiger partial charge >= 0.3 is 6.03 Å². The minimum absolute atomic E-state index is 0.155. The minimum atomic E-state index is -1.34. The van der Waals surface area contributed by atoms with Gasteiger partial charge in [0, 0.05) is 0 Å². The number of nitrogens with zero attached hydrogens (tertiary/aromatic N) is 1. The number of rotatable bonds is 6. The molecule has 2 fully saturated rings. The first-order valence-corrected chi connectivity index (χ1v) is 10.0. The fourth-order valence-corrected chi connectivity index (χ4v) is 4.10. The van der Waals surface area contributed by atoms with Crippen molar-refractivity contribution in [2.24, 2.45) is 11.8 Å². The first-order chi connectivity index (χ1) is 14.3. The molecule has 0 radical (unpaired) electrons. The lowest BCUT2D eigenvalue weighted by molar-refractivity contribution is -0.135. The fourth-order valence-electron chi connectivity index (χ4n) is 4.10. The number of urea groups is 1. The van der Waals surface area contributed by atoms with Crippen LogP contribution in [0, 0.1) is 17.7 Å². The number of nitrogens with one attached hydrogen (secondary N) is 2. The molecule has 156 valence electrons. The Balaban J connectivity index is 1.48. The summed E-state index contributed by atoms with van der Waals surface area (Å²) < 4.78 is 13.2. The van der Waals surface area contributed by atoms with Gasteiger partial charge in [0.15, 0.2) is 0 Å². The second kappa shape index (κ2) is 7.55. The van der Waals surface area contributed by atoms with Crippen LogP contribution in [0.1, 0.15) is 37.4 Å². The number of carbonyl (C=O) groups is 3. The number of carbonyl (C=O) groups excluding carboxylic acids is 3. The van der Waals surface area contributed by atoms with E-state index in [0.717, 1.165) is 16.9 Å². The molecule has 30 heavy (non-hydrogen) atoms. The molecule has 4 atom stereocenters. The van der Waals surface area contributed by atoms with Crippen LogP contribution < -0.4 is 10.6 Å². The lowest BCUT2D eigenvalue weighted by atomic mass is 9.92. The Bertz CT molecular complexity index is 979. The lowest BCUT2D eigenvalue weighted by Gasteiger charge is -2.23. The van der Waals surface area contributed by atoms with Gasteiger partial charge in [0.05, 0.1) is 6.04 Å². The van der Waals surface area contributed by atoms with Gasteiger partial charge < -0.3 is 10.6 Å². The molecule has 1 aliphatic carbocycles. The van der Waals surface area contributed by atoms with Gasteiger partial charge in [-0.2, -0.15) is 0 Å². The molecule has 2 aliphatic rings. The maximum Gasteiger partial charge on any atom is 0.325 e. The third-order valence-corrected chi connectivity index (χ3v) is 6.07. The maximum absolute atomic E-state index is 13.2. The van der Waals surface area contributed by atoms with E-state index in [1.54, 1.807) is 6.92 Å². The average Bonchev–Trinajstić information content (AvgIpc) is 3.41. The highest BCUT2D eigenvalue weighted by Crippen LogP contribution is 2.46. The second-order valence-corrected chi connectivity index (χ2v) is 8.29. The number of hydrogen-bond acceptors (Lipinski definition) is 3. The molecule has 0 bridgehead atoms. The third-order valence-electron chi connectivity index (χ3n) is 6.07. The molecule has 2 aromatic carbocycles. The van der Waals surface area contributed by atoms with Crippen LogP contribution in [-0.2, 0) is 15.1 Å². The number of benzene rings is 2. The van der Waals surface area contributed by atoms with Gasteiger partial charge in [-0.3, -0.25) is 14.5 Å². The molecule has 2 N–H and O–H groups in total. The summed E-state index contributed by atoms with van der Waals surface area (Å²) in [5.41, 5.74) is 0.127. The van der Waals surface area contributed by atoms with Gasteiger partial charge in [-0.15, -0.1) is 0 Å². The van der Waals surface area contributed by atoms with Crippen molar-refractivity contribution in [3.05, 3.63) is 71.5 Å². The maximum atomic E-state index is 13.2. The van der Waals surface area contributed by atoms with Crippen LogP contribution in [0.3, 0.4) is 0 Å². The van der Waals surface area contributed by atoms with Crippen molar-refractivity contribution in [2.75, 3.05) is 6.54 Å². The van der Waals surface area contributed by atoms with E-state index in [2.05, 4.69) is 17.6 Å². The molecule has 1 saturated carbocycles. The highest BCUT2D eigenvalue weighted by molar-refractivity contribution is 6.09. The van der Waals surface area contributed by atoms with Gasteiger partial charge in [0.2, 0.25) is 5.91 Å². The molecule has 7 heteroatoms. The Kier molecular flexibility index (Phi) is 5.05. The van der Waals surface area contributed by atoms with Crippen molar-refractivity contribution in [1.29, 1.82) is 0 Å². The van der Waals surface area contributed by atoms with Gasteiger partial charge in [0.1, 0.15) is 17.9 Å². The molecule has 1 aliphatic heterocycles. The van der Waals surface area contributed by atoms with E-state index in [9.17, 15) is 18.8 Å². The predicted octanol–water partition coefficient (Wildman–Crippen LogP) is 3.11. The van der Waals surface area contributed by atoms with Crippen molar-refractivity contribution in [1.82, 2.24) is 15.5 Å². The molecule has 4 rings (SSSR count). The molecule has 2 aromatic rings. The number of imide groups is 1. The van der Waals surface area contributed by atoms with Gasteiger partial charge in [-0.1, -0.05) is 49.4 Å². The van der Waals surface area contributed by atoms with E-state index in [0.29, 0.717) is 17.4 Å². The third kappa shape index (κ3) is 3.67. The first-order valence-electron chi connectivity index (χ1n) is 10.0. The van der Waals surface area contributed by atoms with Crippen LogP contribution in [0.4, 0.5) is 9.18 Å². The molecule has 1 heterocycles. The Morgan fingerprint density at radius 1 is 1.20 bits per heavy atom. The summed E-state index contributed by atoms with van der Waals surface area (Å²) in [7, 11) is 0. The van der Waals surface area contributed by atoms with Crippen LogP contribution in [-0.4, -0.2) is 29.3 Å². The van der Waals surface area contributed by atoms with Crippen molar-refractivity contribution in [3.8, 4) is 0 Å². The van der Waals surface area contributed by atoms with Gasteiger partial charge in [-0.25, -0.2) is 9.18 Å². The molecule has 4 unspecified atom stereocenters. The van der Waals surface area contributed by atoms with E-state index in [-0.39, 0.29) is 12.6 Å². The molecule has 0 spiro atoms. The quantitative estimate of drug-likeness (QED) is 0.720. The molecule has 1 saturated heterocycles. The van der Waals surface area contributed by atoms with E-state index in [1.165, 1.54) is 24.3 Å². The first kappa shape index (κ1) is 20.1. The summed E-state index contributed by atoms with van der Waals surface area (Å²) in [6.45, 7) is 3.32. The average molecular weight is 409 g/mol. The molecule has 0 aromatic heterocycles. The van der Waals surface area contributed by atoms with Crippen LogP contribution in [0.25, 0.3) is 0 Å². The molecular weight excluding hydrogens is 385 g/mol. The Morgan fingerprint density at radius 3 is 2.43 bits per heavy atom. The summed E-state index contributed by atoms with van der Waals surface area (Å²) in [6.07, 6.45) is 1.02. The molecule has 4 amide bonds. The van der Waals surface area contributed by atoms with Crippen molar-refractivity contribution >= 4 is 17.8 Å². The topological polar surface area (TPSA) is 78.5 Å². The van der Waals surface area contributed by atoms with E-state index in [1.807, 2.05) is 30.3 Å². The summed E-state index contributed by atoms with van der Waals surface area (Å²) in [5, 5.41) is 5.64. The van der Waals surface area contributed by atoms with Crippen LogP contribution in [0.2, 0.25) is 0 Å². The summed E-state index contributed by atoms with van der Waals surface area (Å²) in [6, 6.07) is 14.3. The van der Waals surface area contributed by atoms with E-state index >= 15 is 0 Å². The zero-order chi connectivity index (χ0) is 21.5. The van der Waals surface area contributed by atoms with Crippen LogP contribution >= 0.6 is 0 Å². The predicted molar refractivity (Wildman–Crippen MR) is 109 cm³/mol. The number of hydrogen-bond donors (Lipinski definition) is 2. The summed E-state index contributed by atoms with van der Waals surface area (Å²) >= 11 is 0. The summed E-state index contributed by atoms with van der Waals surface area (Å²) in [5.74, 6) is -0.519. The van der Waals surface area contributed by atoms with Crippen molar-refractivity contribution < 1.29 is 18.8 Å². The highest BCUT2D eigenvalue weighted by atomic mass is 19.1. The summed E-state index contributed by atoms with van der Waals surface area (Å²) in [4.78, 5) is 39.1. The van der Waals surface area contributed by atoms with Gasteiger partial charge in [-0.05, 0) is 48.4 Å². The largest absolute Gasteiger partial charge is 0.347 e. The molecular formula is C23H24FN3O3. The Labute approximate surface area is 174 Å². The van der Waals surface area contributed by atoms with Crippen LogP contribution in [0.5, 0.6) is 0 Å².